The molecule has 3 rings (SSSR count). The van der Waals surface area contributed by atoms with Crippen molar-refractivity contribution in [3.63, 3.8) is 0 Å². The number of hydrogen-bond acceptors (Lipinski definition) is 3. The molecule has 0 aliphatic rings. The number of hydrogen-bond donors (Lipinski definition) is 1. The van der Waals surface area contributed by atoms with Gasteiger partial charge in [0.1, 0.15) is 5.56 Å². The van der Waals surface area contributed by atoms with Crippen LogP contribution in [0.25, 0.3) is 0 Å². The van der Waals surface area contributed by atoms with Crippen LogP contribution in [0.15, 0.2) is 82.8 Å². The van der Waals surface area contributed by atoms with Crippen molar-refractivity contribution in [2.45, 2.75) is 26.3 Å². The van der Waals surface area contributed by atoms with E-state index in [2.05, 4.69) is 24.4 Å². The molecule has 1 N–H and O–H groups in total. The summed E-state index contributed by atoms with van der Waals surface area (Å²) in [6.07, 6.45) is 3.24. The number of amides is 1. The van der Waals surface area contributed by atoms with Crippen molar-refractivity contribution >= 4 is 12.1 Å². The maximum absolute atomic E-state index is 12.6. The summed E-state index contributed by atoms with van der Waals surface area (Å²) in [4.78, 5) is 25.0. The average Bonchev–Trinajstić information content (AvgIpc) is 2.70. The fraction of sp³-hybridized carbons (Fsp3) is 0.174. The molecular weight excluding hydrogens is 350 g/mol. The summed E-state index contributed by atoms with van der Waals surface area (Å²) in [6.45, 7) is 4.67. The van der Waals surface area contributed by atoms with Crippen LogP contribution < -0.4 is 11.0 Å². The van der Waals surface area contributed by atoms with E-state index < -0.39 is 5.91 Å². The number of carbonyl (C=O) groups excluding carboxylic acids is 1. The normalized spacial score (nSPS) is 11.1. The van der Waals surface area contributed by atoms with Gasteiger partial charge < -0.3 is 4.57 Å². The molecule has 0 spiro atoms. The van der Waals surface area contributed by atoms with Gasteiger partial charge in [-0.2, -0.15) is 5.10 Å². The second kappa shape index (κ2) is 8.95. The molecule has 1 amide bonds. The number of aromatic nitrogens is 1. The maximum Gasteiger partial charge on any atom is 0.276 e. The molecule has 0 saturated carbocycles. The topological polar surface area (TPSA) is 63.5 Å². The number of rotatable bonds is 6. The van der Waals surface area contributed by atoms with Crippen LogP contribution >= 0.6 is 0 Å². The van der Waals surface area contributed by atoms with Crippen molar-refractivity contribution < 1.29 is 4.79 Å². The van der Waals surface area contributed by atoms with Gasteiger partial charge in [-0.3, -0.25) is 9.59 Å². The minimum Gasteiger partial charge on any atom is -0.310 e. The Balaban J connectivity index is 1.69. The lowest BCUT2D eigenvalue weighted by Gasteiger charge is -2.07. The molecule has 5 nitrogen and oxygen atoms in total. The number of pyridine rings is 1. The van der Waals surface area contributed by atoms with E-state index in [0.717, 1.165) is 11.1 Å². The van der Waals surface area contributed by atoms with Crippen LogP contribution in [0.4, 0.5) is 0 Å². The summed E-state index contributed by atoms with van der Waals surface area (Å²) in [5, 5.41) is 3.97. The van der Waals surface area contributed by atoms with Crippen LogP contribution in [0.3, 0.4) is 0 Å². The third-order valence-electron chi connectivity index (χ3n) is 4.44. The summed E-state index contributed by atoms with van der Waals surface area (Å²) < 4.78 is 1.51. The minimum atomic E-state index is -0.525. The van der Waals surface area contributed by atoms with Crippen LogP contribution in [-0.4, -0.2) is 16.7 Å². The zero-order valence-corrected chi connectivity index (χ0v) is 16.0. The van der Waals surface area contributed by atoms with Crippen molar-refractivity contribution in [2.75, 3.05) is 0 Å². The quantitative estimate of drug-likeness (QED) is 0.528. The Morgan fingerprint density at radius 2 is 1.75 bits per heavy atom. The summed E-state index contributed by atoms with van der Waals surface area (Å²) in [5.41, 5.74) is 5.25. The molecule has 0 bridgehead atoms. The highest BCUT2D eigenvalue weighted by Gasteiger charge is 2.11. The largest absolute Gasteiger partial charge is 0.310 e. The molecule has 28 heavy (non-hydrogen) atoms. The van der Waals surface area contributed by atoms with Gasteiger partial charge in [-0.15, -0.1) is 0 Å². The monoisotopic (exact) mass is 373 g/mol. The van der Waals surface area contributed by atoms with Gasteiger partial charge in [0.2, 0.25) is 0 Å². The maximum atomic E-state index is 12.6. The Kier molecular flexibility index (Phi) is 6.17. The van der Waals surface area contributed by atoms with Crippen molar-refractivity contribution in [3.05, 3.63) is 106 Å². The second-order valence-electron chi connectivity index (χ2n) is 6.86. The van der Waals surface area contributed by atoms with Gasteiger partial charge in [0.25, 0.3) is 11.5 Å². The zero-order chi connectivity index (χ0) is 19.9. The molecular formula is C23H23N3O2. The Morgan fingerprint density at radius 3 is 2.43 bits per heavy atom. The van der Waals surface area contributed by atoms with Gasteiger partial charge in [0.15, 0.2) is 0 Å². The number of hydrazone groups is 1. The highest BCUT2D eigenvalue weighted by Crippen LogP contribution is 2.13. The SMILES string of the molecule is CC(C)c1ccc(/C=N\NC(=O)c2cccn(Cc3ccccc3)c2=O)cc1. The predicted molar refractivity (Wildman–Crippen MR) is 112 cm³/mol. The predicted octanol–water partition coefficient (Wildman–Crippen LogP) is 3.78. The van der Waals surface area contributed by atoms with E-state index in [1.807, 2.05) is 54.6 Å². The van der Waals surface area contributed by atoms with Crippen LogP contribution in [0.2, 0.25) is 0 Å². The standard InChI is InChI=1S/C23H23N3O2/c1-17(2)20-12-10-18(11-13-20)15-24-25-22(27)21-9-6-14-26(23(21)28)16-19-7-4-3-5-8-19/h3-15,17H,16H2,1-2H3,(H,25,27)/b24-15-. The van der Waals surface area contributed by atoms with Gasteiger partial charge in [-0.05, 0) is 34.7 Å². The van der Waals surface area contributed by atoms with Crippen molar-refractivity contribution in [1.82, 2.24) is 9.99 Å². The molecule has 0 aliphatic heterocycles. The van der Waals surface area contributed by atoms with Crippen LogP contribution in [0, 0.1) is 0 Å². The number of benzene rings is 2. The van der Waals surface area contributed by atoms with Crippen molar-refractivity contribution in [2.24, 2.45) is 5.10 Å². The lowest BCUT2D eigenvalue weighted by molar-refractivity contribution is 0.0953. The van der Waals surface area contributed by atoms with E-state index in [1.54, 1.807) is 18.5 Å². The molecule has 0 radical (unpaired) electrons. The van der Waals surface area contributed by atoms with Gasteiger partial charge in [-0.1, -0.05) is 68.4 Å². The Hall–Kier alpha value is -3.47. The molecule has 0 saturated heterocycles. The lowest BCUT2D eigenvalue weighted by Crippen LogP contribution is -2.30. The molecule has 5 heteroatoms. The highest BCUT2D eigenvalue weighted by atomic mass is 16.2. The van der Waals surface area contributed by atoms with Gasteiger partial charge >= 0.3 is 0 Å². The first-order valence-corrected chi connectivity index (χ1v) is 9.21. The molecule has 0 fully saturated rings. The van der Waals surface area contributed by atoms with Gasteiger partial charge in [0.05, 0.1) is 12.8 Å². The molecule has 1 aromatic heterocycles. The van der Waals surface area contributed by atoms with E-state index in [1.165, 1.54) is 16.2 Å². The number of nitrogens with zero attached hydrogens (tertiary/aromatic N) is 2. The first kappa shape index (κ1) is 19.3. The zero-order valence-electron chi connectivity index (χ0n) is 16.0. The lowest BCUT2D eigenvalue weighted by atomic mass is 10.0. The first-order valence-electron chi connectivity index (χ1n) is 9.21. The Bertz CT molecular complexity index is 1020. The van der Waals surface area contributed by atoms with Crippen molar-refractivity contribution in [1.29, 1.82) is 0 Å². The third kappa shape index (κ3) is 4.82. The van der Waals surface area contributed by atoms with Crippen LogP contribution in [-0.2, 0) is 6.54 Å². The molecule has 2 aromatic carbocycles. The minimum absolute atomic E-state index is 0.0609. The summed E-state index contributed by atoms with van der Waals surface area (Å²) in [7, 11) is 0. The second-order valence-corrected chi connectivity index (χ2v) is 6.86. The number of carbonyl (C=O) groups is 1. The van der Waals surface area contributed by atoms with E-state index in [9.17, 15) is 9.59 Å². The van der Waals surface area contributed by atoms with E-state index in [-0.39, 0.29) is 11.1 Å². The van der Waals surface area contributed by atoms with Crippen molar-refractivity contribution in [3.8, 4) is 0 Å². The van der Waals surface area contributed by atoms with Crippen LogP contribution in [0.5, 0.6) is 0 Å². The molecule has 0 aliphatic carbocycles. The fourth-order valence-electron chi connectivity index (χ4n) is 2.81. The van der Waals surface area contributed by atoms with Gasteiger partial charge in [-0.25, -0.2) is 5.43 Å². The average molecular weight is 373 g/mol. The summed E-state index contributed by atoms with van der Waals surface area (Å²) in [5.74, 6) is -0.0655. The smallest absolute Gasteiger partial charge is 0.276 e. The number of nitrogens with one attached hydrogen (secondary N) is 1. The summed E-state index contributed by atoms with van der Waals surface area (Å²) >= 11 is 0. The Labute approximate surface area is 164 Å². The molecule has 0 unspecified atom stereocenters. The van der Waals surface area contributed by atoms with Gasteiger partial charge in [0, 0.05) is 6.20 Å². The van der Waals surface area contributed by atoms with Crippen LogP contribution in [0.1, 0.15) is 46.8 Å². The fourth-order valence-corrected chi connectivity index (χ4v) is 2.81. The molecule has 142 valence electrons. The summed E-state index contributed by atoms with van der Waals surface area (Å²) in [6, 6.07) is 20.8. The molecule has 3 aromatic rings. The molecule has 0 atom stereocenters. The van der Waals surface area contributed by atoms with E-state index in [0.29, 0.717) is 12.5 Å². The molecule has 1 heterocycles. The third-order valence-corrected chi connectivity index (χ3v) is 4.44. The van der Waals surface area contributed by atoms with E-state index >= 15 is 0 Å². The first-order chi connectivity index (χ1) is 13.5. The van der Waals surface area contributed by atoms with E-state index in [4.69, 9.17) is 0 Å². The highest BCUT2D eigenvalue weighted by molar-refractivity contribution is 5.94. The Morgan fingerprint density at radius 1 is 1.04 bits per heavy atom.